The van der Waals surface area contributed by atoms with Crippen molar-refractivity contribution in [3.05, 3.63) is 10.6 Å². The Morgan fingerprint density at radius 1 is 1.69 bits per heavy atom. The molecule has 0 fully saturated rings. The second-order valence-corrected chi connectivity index (χ2v) is 3.00. The fourth-order valence-electron chi connectivity index (χ4n) is 0.990. The summed E-state index contributed by atoms with van der Waals surface area (Å²) in [5.41, 5.74) is 0. The molecule has 6 heteroatoms. The van der Waals surface area contributed by atoms with Gasteiger partial charge in [-0.25, -0.2) is 4.68 Å². The van der Waals surface area contributed by atoms with E-state index in [0.29, 0.717) is 4.77 Å². The van der Waals surface area contributed by atoms with E-state index in [4.69, 9.17) is 22.8 Å². The van der Waals surface area contributed by atoms with Crippen molar-refractivity contribution in [1.29, 1.82) is 0 Å². The lowest BCUT2D eigenvalue weighted by Gasteiger charge is -2.00. The van der Waals surface area contributed by atoms with Crippen LogP contribution in [0, 0.1) is 4.77 Å². The zero-order valence-electron chi connectivity index (χ0n) is 7.62. The van der Waals surface area contributed by atoms with Crippen LogP contribution in [0.15, 0.2) is 0 Å². The van der Waals surface area contributed by atoms with Crippen LogP contribution in [0.3, 0.4) is 0 Å². The summed E-state index contributed by atoms with van der Waals surface area (Å²) in [6, 6.07) is 0. The first-order chi connectivity index (χ1) is 6.25. The number of nitrogens with one attached hydrogen (secondary N) is 1. The molecular formula is C7H14N4OS. The van der Waals surface area contributed by atoms with Gasteiger partial charge < -0.3 is 10.6 Å². The highest BCUT2D eigenvalue weighted by Gasteiger charge is 2.01. The van der Waals surface area contributed by atoms with Crippen molar-refractivity contribution in [3.8, 4) is 0 Å². The number of aromatic amines is 1. The maximum absolute atomic E-state index is 5.60. The van der Waals surface area contributed by atoms with Crippen LogP contribution >= 0.6 is 12.2 Å². The summed E-state index contributed by atoms with van der Waals surface area (Å²) in [4.78, 5) is 0. The molecular weight excluding hydrogens is 188 g/mol. The first kappa shape index (κ1) is 10.2. The highest BCUT2D eigenvalue weighted by Crippen LogP contribution is 1.97. The van der Waals surface area contributed by atoms with Gasteiger partial charge in [0.2, 0.25) is 4.77 Å². The Balaban J connectivity index is 2.37. The summed E-state index contributed by atoms with van der Waals surface area (Å²) in [6.07, 6.45) is 1.69. The zero-order chi connectivity index (χ0) is 9.68. The van der Waals surface area contributed by atoms with Crippen molar-refractivity contribution in [1.82, 2.24) is 14.9 Å². The van der Waals surface area contributed by atoms with E-state index in [-0.39, 0.29) is 0 Å². The fourth-order valence-corrected chi connectivity index (χ4v) is 1.14. The zero-order valence-corrected chi connectivity index (χ0v) is 8.43. The molecule has 0 unspecified atom stereocenters. The average Bonchev–Trinajstić information content (AvgIpc) is 2.43. The number of hydrogen-bond acceptors (Lipinski definition) is 4. The van der Waals surface area contributed by atoms with Gasteiger partial charge in [-0.2, -0.15) is 5.10 Å². The van der Waals surface area contributed by atoms with Crippen LogP contribution in [-0.4, -0.2) is 28.1 Å². The lowest BCUT2D eigenvalue weighted by Crippen LogP contribution is -2.13. The molecule has 0 radical (unpaired) electrons. The molecule has 0 spiro atoms. The number of aryl methyl sites for hydroxylation is 1. The predicted octanol–water partition coefficient (Wildman–Crippen LogP) is 0.624. The SMILES string of the molecule is CCOCCCc1n[nH]c(=S)n1N. The van der Waals surface area contributed by atoms with E-state index in [1.165, 1.54) is 4.68 Å². The van der Waals surface area contributed by atoms with Crippen LogP contribution in [0.25, 0.3) is 0 Å². The van der Waals surface area contributed by atoms with E-state index in [0.717, 1.165) is 31.9 Å². The van der Waals surface area contributed by atoms with Crippen LogP contribution in [0.2, 0.25) is 0 Å². The number of ether oxygens (including phenoxy) is 1. The van der Waals surface area contributed by atoms with E-state index < -0.39 is 0 Å². The van der Waals surface area contributed by atoms with Crippen LogP contribution in [0.1, 0.15) is 19.2 Å². The first-order valence-corrected chi connectivity index (χ1v) is 4.65. The first-order valence-electron chi connectivity index (χ1n) is 4.24. The van der Waals surface area contributed by atoms with Crippen LogP contribution < -0.4 is 5.84 Å². The molecule has 0 aliphatic carbocycles. The van der Waals surface area contributed by atoms with Crippen molar-refractivity contribution < 1.29 is 4.74 Å². The number of hydrogen-bond donors (Lipinski definition) is 2. The average molecular weight is 202 g/mol. The standard InChI is InChI=1S/C7H14N4OS/c1-2-12-5-3-4-6-9-10-7(13)11(6)8/h2-5,8H2,1H3,(H,10,13). The maximum Gasteiger partial charge on any atom is 0.214 e. The second-order valence-electron chi connectivity index (χ2n) is 2.62. The number of rotatable bonds is 5. The minimum Gasteiger partial charge on any atom is -0.382 e. The summed E-state index contributed by atoms with van der Waals surface area (Å²) in [5.74, 6) is 6.36. The van der Waals surface area contributed by atoms with Gasteiger partial charge in [0, 0.05) is 19.6 Å². The normalized spacial score (nSPS) is 10.5. The number of aromatic nitrogens is 3. The van der Waals surface area contributed by atoms with Crippen molar-refractivity contribution in [2.45, 2.75) is 19.8 Å². The molecule has 0 bridgehead atoms. The molecule has 1 rings (SSSR count). The molecule has 0 aliphatic heterocycles. The van der Waals surface area contributed by atoms with E-state index in [1.807, 2.05) is 6.92 Å². The molecule has 0 aromatic carbocycles. The van der Waals surface area contributed by atoms with Gasteiger partial charge in [0.15, 0.2) is 5.82 Å². The fraction of sp³-hybridized carbons (Fsp3) is 0.714. The number of nitrogens with two attached hydrogens (primary N) is 1. The molecule has 1 aromatic rings. The predicted molar refractivity (Wildman–Crippen MR) is 52.4 cm³/mol. The molecule has 1 aromatic heterocycles. The van der Waals surface area contributed by atoms with Crippen molar-refractivity contribution in [3.63, 3.8) is 0 Å². The number of nitrogens with zero attached hydrogens (tertiary/aromatic N) is 2. The topological polar surface area (TPSA) is 68.9 Å². The third-order valence-corrected chi connectivity index (χ3v) is 1.96. The maximum atomic E-state index is 5.60. The summed E-state index contributed by atoms with van der Waals surface area (Å²) in [7, 11) is 0. The molecule has 5 nitrogen and oxygen atoms in total. The Bertz CT molecular complexity index is 306. The van der Waals surface area contributed by atoms with Gasteiger partial charge in [0.05, 0.1) is 0 Å². The smallest absolute Gasteiger partial charge is 0.214 e. The lowest BCUT2D eigenvalue weighted by atomic mass is 10.3. The second kappa shape index (κ2) is 4.98. The Morgan fingerprint density at radius 3 is 3.00 bits per heavy atom. The molecule has 0 aliphatic rings. The molecule has 3 N–H and O–H groups in total. The molecule has 1 heterocycles. The van der Waals surface area contributed by atoms with E-state index >= 15 is 0 Å². The monoisotopic (exact) mass is 202 g/mol. The summed E-state index contributed by atoms with van der Waals surface area (Å²) in [6.45, 7) is 3.45. The molecule has 0 amide bonds. The summed E-state index contributed by atoms with van der Waals surface area (Å²) < 4.78 is 7.03. The quantitative estimate of drug-likeness (QED) is 0.417. The van der Waals surface area contributed by atoms with Crippen molar-refractivity contribution in [2.75, 3.05) is 19.1 Å². The van der Waals surface area contributed by atoms with Crippen molar-refractivity contribution >= 4 is 12.2 Å². The Morgan fingerprint density at radius 2 is 2.46 bits per heavy atom. The van der Waals surface area contributed by atoms with Crippen LogP contribution in [-0.2, 0) is 11.2 Å². The van der Waals surface area contributed by atoms with Gasteiger partial charge >= 0.3 is 0 Å². The number of H-pyrrole nitrogens is 1. The molecule has 74 valence electrons. The largest absolute Gasteiger partial charge is 0.382 e. The molecule has 0 saturated heterocycles. The Kier molecular flexibility index (Phi) is 3.91. The summed E-state index contributed by atoms with van der Waals surface area (Å²) in [5, 5.41) is 6.61. The summed E-state index contributed by atoms with van der Waals surface area (Å²) >= 11 is 4.86. The van der Waals surface area contributed by atoms with Gasteiger partial charge in [0.25, 0.3) is 0 Å². The van der Waals surface area contributed by atoms with E-state index in [2.05, 4.69) is 10.2 Å². The lowest BCUT2D eigenvalue weighted by molar-refractivity contribution is 0.144. The molecule has 13 heavy (non-hydrogen) atoms. The van der Waals surface area contributed by atoms with Crippen LogP contribution in [0.4, 0.5) is 0 Å². The van der Waals surface area contributed by atoms with Gasteiger partial charge in [-0.1, -0.05) is 0 Å². The Labute approximate surface area is 81.9 Å². The third kappa shape index (κ3) is 2.82. The third-order valence-electron chi connectivity index (χ3n) is 1.67. The minimum atomic E-state index is 0.450. The molecule has 0 atom stereocenters. The van der Waals surface area contributed by atoms with Crippen molar-refractivity contribution in [2.24, 2.45) is 0 Å². The van der Waals surface area contributed by atoms with Gasteiger partial charge in [0.1, 0.15) is 0 Å². The van der Waals surface area contributed by atoms with Crippen LogP contribution in [0.5, 0.6) is 0 Å². The highest BCUT2D eigenvalue weighted by atomic mass is 32.1. The highest BCUT2D eigenvalue weighted by molar-refractivity contribution is 7.71. The van der Waals surface area contributed by atoms with E-state index in [1.54, 1.807) is 0 Å². The van der Waals surface area contributed by atoms with Gasteiger partial charge in [-0.15, -0.1) is 0 Å². The van der Waals surface area contributed by atoms with Gasteiger partial charge in [-0.05, 0) is 25.6 Å². The number of nitrogen functional groups attached to an aromatic ring is 1. The minimum absolute atomic E-state index is 0.450. The van der Waals surface area contributed by atoms with Gasteiger partial charge in [-0.3, -0.25) is 5.10 Å². The Hall–Kier alpha value is -0.880. The van der Waals surface area contributed by atoms with E-state index in [9.17, 15) is 0 Å². The molecule has 0 saturated carbocycles.